The fourth-order valence-electron chi connectivity index (χ4n) is 1.56. The molecule has 19 heavy (non-hydrogen) atoms. The molecule has 5 nitrogen and oxygen atoms in total. The summed E-state index contributed by atoms with van der Waals surface area (Å²) in [7, 11) is 0. The van der Waals surface area contributed by atoms with E-state index >= 15 is 0 Å². The SMILES string of the molecule is CCC(C)[C@H](NC(=O)Nc1cccc(I)c1)C(=O)O. The Morgan fingerprint density at radius 3 is 2.63 bits per heavy atom. The van der Waals surface area contributed by atoms with E-state index in [0.717, 1.165) is 3.57 Å². The lowest BCUT2D eigenvalue weighted by molar-refractivity contribution is -0.140. The van der Waals surface area contributed by atoms with Crippen molar-refractivity contribution in [3.05, 3.63) is 27.8 Å². The van der Waals surface area contributed by atoms with Crippen molar-refractivity contribution in [3.8, 4) is 0 Å². The van der Waals surface area contributed by atoms with Gasteiger partial charge < -0.3 is 15.7 Å². The first-order valence-electron chi connectivity index (χ1n) is 6.00. The van der Waals surface area contributed by atoms with Crippen molar-refractivity contribution >= 4 is 40.3 Å². The molecule has 3 N–H and O–H groups in total. The Kier molecular flexibility index (Phi) is 6.07. The molecule has 0 heterocycles. The van der Waals surface area contributed by atoms with E-state index < -0.39 is 18.0 Å². The van der Waals surface area contributed by atoms with Crippen molar-refractivity contribution in [2.45, 2.75) is 26.3 Å². The molecule has 104 valence electrons. The Labute approximate surface area is 125 Å². The van der Waals surface area contributed by atoms with E-state index in [1.165, 1.54) is 0 Å². The third-order valence-corrected chi connectivity index (χ3v) is 3.52. The van der Waals surface area contributed by atoms with Crippen LogP contribution in [-0.4, -0.2) is 23.1 Å². The molecule has 0 fully saturated rings. The Morgan fingerprint density at radius 2 is 2.11 bits per heavy atom. The molecule has 1 unspecified atom stereocenters. The zero-order valence-corrected chi connectivity index (χ0v) is 13.0. The number of urea groups is 1. The molecule has 0 aromatic heterocycles. The quantitative estimate of drug-likeness (QED) is 0.692. The van der Waals surface area contributed by atoms with Gasteiger partial charge in [0.05, 0.1) is 0 Å². The van der Waals surface area contributed by atoms with Crippen molar-refractivity contribution < 1.29 is 14.7 Å². The second kappa shape index (κ2) is 7.32. The normalized spacial score (nSPS) is 13.4. The van der Waals surface area contributed by atoms with Crippen molar-refractivity contribution in [2.24, 2.45) is 5.92 Å². The molecule has 0 spiro atoms. The van der Waals surface area contributed by atoms with Gasteiger partial charge in [0.15, 0.2) is 0 Å². The number of carbonyl (C=O) groups is 2. The molecular formula is C13H17IN2O3. The van der Waals surface area contributed by atoms with Gasteiger partial charge in [-0.25, -0.2) is 9.59 Å². The molecule has 2 atom stereocenters. The van der Waals surface area contributed by atoms with Crippen molar-refractivity contribution in [2.75, 3.05) is 5.32 Å². The predicted molar refractivity (Wildman–Crippen MR) is 82.2 cm³/mol. The average molecular weight is 376 g/mol. The Balaban J connectivity index is 2.65. The van der Waals surface area contributed by atoms with Gasteiger partial charge >= 0.3 is 12.0 Å². The second-order valence-corrected chi connectivity index (χ2v) is 5.56. The molecule has 0 saturated carbocycles. The number of halogens is 1. The highest BCUT2D eigenvalue weighted by atomic mass is 127. The Bertz CT molecular complexity index is 465. The molecule has 0 aliphatic carbocycles. The van der Waals surface area contributed by atoms with Crippen LogP contribution in [0.1, 0.15) is 20.3 Å². The van der Waals surface area contributed by atoms with Gasteiger partial charge in [-0.15, -0.1) is 0 Å². The van der Waals surface area contributed by atoms with E-state index in [4.69, 9.17) is 5.11 Å². The number of carbonyl (C=O) groups excluding carboxylic acids is 1. The first kappa shape index (κ1) is 15.7. The summed E-state index contributed by atoms with van der Waals surface area (Å²) in [6.45, 7) is 3.68. The summed E-state index contributed by atoms with van der Waals surface area (Å²) < 4.78 is 0.993. The first-order chi connectivity index (χ1) is 8.93. The van der Waals surface area contributed by atoms with Crippen LogP contribution in [0.2, 0.25) is 0 Å². The molecule has 1 rings (SSSR count). The molecule has 1 aromatic rings. The highest BCUT2D eigenvalue weighted by Gasteiger charge is 2.25. The van der Waals surface area contributed by atoms with E-state index in [-0.39, 0.29) is 5.92 Å². The van der Waals surface area contributed by atoms with E-state index in [9.17, 15) is 9.59 Å². The maximum Gasteiger partial charge on any atom is 0.326 e. The van der Waals surface area contributed by atoms with Crippen LogP contribution in [0.3, 0.4) is 0 Å². The molecule has 6 heteroatoms. The minimum atomic E-state index is -1.02. The van der Waals surface area contributed by atoms with Gasteiger partial charge in [0.25, 0.3) is 0 Å². The van der Waals surface area contributed by atoms with Gasteiger partial charge in [-0.2, -0.15) is 0 Å². The maximum absolute atomic E-state index is 11.8. The number of nitrogens with one attached hydrogen (secondary N) is 2. The second-order valence-electron chi connectivity index (χ2n) is 4.31. The summed E-state index contributed by atoms with van der Waals surface area (Å²) in [6.07, 6.45) is 0.681. The van der Waals surface area contributed by atoms with Crippen LogP contribution in [0.25, 0.3) is 0 Å². The summed E-state index contributed by atoms with van der Waals surface area (Å²) in [5.74, 6) is -1.15. The van der Waals surface area contributed by atoms with Gasteiger partial charge in [0.2, 0.25) is 0 Å². The number of hydrogen-bond donors (Lipinski definition) is 3. The summed E-state index contributed by atoms with van der Waals surface area (Å²) in [4.78, 5) is 22.9. The highest BCUT2D eigenvalue weighted by Crippen LogP contribution is 2.13. The molecule has 0 aliphatic rings. The number of amides is 2. The van der Waals surface area contributed by atoms with Crippen LogP contribution in [0.4, 0.5) is 10.5 Å². The highest BCUT2D eigenvalue weighted by molar-refractivity contribution is 14.1. The van der Waals surface area contributed by atoms with Crippen LogP contribution in [0.5, 0.6) is 0 Å². The lowest BCUT2D eigenvalue weighted by Crippen LogP contribution is -2.46. The largest absolute Gasteiger partial charge is 0.480 e. The number of anilines is 1. The van der Waals surface area contributed by atoms with E-state index in [0.29, 0.717) is 12.1 Å². The van der Waals surface area contributed by atoms with Gasteiger partial charge in [0, 0.05) is 9.26 Å². The summed E-state index contributed by atoms with van der Waals surface area (Å²) in [5.41, 5.74) is 0.637. The smallest absolute Gasteiger partial charge is 0.326 e. The standard InChI is InChI=1S/C13H17IN2O3/c1-3-8(2)11(12(17)18)16-13(19)15-10-6-4-5-9(14)7-10/h4-8,11H,3H2,1-2H3,(H,17,18)(H2,15,16,19)/t8?,11-/m0/s1. The van der Waals surface area contributed by atoms with E-state index in [1.54, 1.807) is 19.1 Å². The third-order valence-electron chi connectivity index (χ3n) is 2.85. The topological polar surface area (TPSA) is 78.4 Å². The lowest BCUT2D eigenvalue weighted by atomic mass is 9.99. The molecular weight excluding hydrogens is 359 g/mol. The van der Waals surface area contributed by atoms with Gasteiger partial charge in [-0.3, -0.25) is 0 Å². The molecule has 0 saturated heterocycles. The monoisotopic (exact) mass is 376 g/mol. The first-order valence-corrected chi connectivity index (χ1v) is 7.07. The Morgan fingerprint density at radius 1 is 1.42 bits per heavy atom. The van der Waals surface area contributed by atoms with Gasteiger partial charge in [-0.1, -0.05) is 26.3 Å². The zero-order valence-electron chi connectivity index (χ0n) is 10.8. The Hall–Kier alpha value is -1.31. The number of hydrogen-bond acceptors (Lipinski definition) is 2. The molecule has 0 bridgehead atoms. The fourth-order valence-corrected chi connectivity index (χ4v) is 2.10. The van der Waals surface area contributed by atoms with E-state index in [2.05, 4.69) is 33.2 Å². The number of benzene rings is 1. The van der Waals surface area contributed by atoms with Crippen LogP contribution in [0.15, 0.2) is 24.3 Å². The number of rotatable bonds is 5. The van der Waals surface area contributed by atoms with Crippen molar-refractivity contribution in [1.29, 1.82) is 0 Å². The molecule has 0 radical (unpaired) electrons. The van der Waals surface area contributed by atoms with Gasteiger partial charge in [0.1, 0.15) is 6.04 Å². The fraction of sp³-hybridized carbons (Fsp3) is 0.385. The molecule has 2 amide bonds. The summed E-state index contributed by atoms with van der Waals surface area (Å²) in [5, 5.41) is 14.2. The van der Waals surface area contributed by atoms with Crippen LogP contribution < -0.4 is 10.6 Å². The molecule has 1 aromatic carbocycles. The number of carboxylic acid groups (broad SMARTS) is 1. The molecule has 0 aliphatic heterocycles. The minimum Gasteiger partial charge on any atom is -0.480 e. The maximum atomic E-state index is 11.8. The summed E-state index contributed by atoms with van der Waals surface area (Å²) in [6, 6.07) is 5.89. The predicted octanol–water partition coefficient (Wildman–Crippen LogP) is 2.91. The van der Waals surface area contributed by atoms with Crippen molar-refractivity contribution in [1.82, 2.24) is 5.32 Å². The summed E-state index contributed by atoms with van der Waals surface area (Å²) >= 11 is 2.14. The number of carboxylic acids is 1. The van der Waals surface area contributed by atoms with Crippen LogP contribution in [0, 0.1) is 9.49 Å². The number of aliphatic carboxylic acids is 1. The van der Waals surface area contributed by atoms with Crippen LogP contribution >= 0.6 is 22.6 Å². The third kappa shape index (κ3) is 5.06. The minimum absolute atomic E-state index is 0.126. The van der Waals surface area contributed by atoms with Gasteiger partial charge in [-0.05, 0) is 46.7 Å². The van der Waals surface area contributed by atoms with Crippen LogP contribution in [-0.2, 0) is 4.79 Å². The van der Waals surface area contributed by atoms with Crippen molar-refractivity contribution in [3.63, 3.8) is 0 Å². The average Bonchev–Trinajstić information content (AvgIpc) is 2.34. The zero-order chi connectivity index (χ0) is 14.4. The lowest BCUT2D eigenvalue weighted by Gasteiger charge is -2.20. The van der Waals surface area contributed by atoms with E-state index in [1.807, 2.05) is 19.1 Å².